The Morgan fingerprint density at radius 3 is 1.32 bits per heavy atom. The fourth-order valence-electron chi connectivity index (χ4n) is 6.50. The third-order valence-electron chi connectivity index (χ3n) is 9.88. The molecular weight excluding hydrogens is 903 g/mol. The molecule has 1 aliphatic heterocycles. The summed E-state index contributed by atoms with van der Waals surface area (Å²) >= 11 is 0. The molecule has 0 aliphatic carbocycles. The Bertz CT molecular complexity index is 3090. The van der Waals surface area contributed by atoms with Crippen LogP contribution in [-0.4, -0.2) is 78.3 Å². The number of ether oxygens (including phenoxy) is 6. The first-order chi connectivity index (χ1) is 35.4. The van der Waals surface area contributed by atoms with E-state index >= 15 is 0 Å². The Labute approximate surface area is 422 Å². The summed E-state index contributed by atoms with van der Waals surface area (Å²) in [6.07, 6.45) is -2.15. The highest BCUT2D eigenvalue weighted by molar-refractivity contribution is 5.94. The van der Waals surface area contributed by atoms with Crippen molar-refractivity contribution in [3.8, 4) is 131 Å². The lowest BCUT2D eigenvalue weighted by molar-refractivity contribution is -0.329. The van der Waals surface area contributed by atoms with Gasteiger partial charge in [-0.3, -0.25) is 4.79 Å². The number of benzene rings is 4. The topological polar surface area (TPSA) is 125 Å². The van der Waals surface area contributed by atoms with Crippen molar-refractivity contribution in [3.63, 3.8) is 0 Å². The molecule has 1 saturated heterocycles. The monoisotopic (exact) mass is 949 g/mol. The fourth-order valence-corrected chi connectivity index (χ4v) is 6.50. The number of aliphatic hydroxyl groups is 2. The lowest BCUT2D eigenvalue weighted by Gasteiger charge is -2.46. The Morgan fingerprint density at radius 2 is 0.903 bits per heavy atom. The van der Waals surface area contributed by atoms with Gasteiger partial charge in [-0.1, -0.05) is 121 Å². The first-order valence-corrected chi connectivity index (χ1v) is 22.4. The van der Waals surface area contributed by atoms with Crippen LogP contribution in [0.25, 0.3) is 0 Å². The molecule has 8 atom stereocenters. The SMILES string of the molecule is C#CC#CC#CC#CC#CC#CC#CC#CC#CC#CC#CC(=O)N[C@@H](COC1OC(COCc2ccccc2)C(OCc2ccccc2)C(OCc2ccccc2)C1OCc1ccccc1)[C@H](O)[C@@H](C)O. The number of nitrogens with one attached hydrogen (secondary N) is 1. The van der Waals surface area contributed by atoms with E-state index in [0.717, 1.165) is 22.3 Å². The van der Waals surface area contributed by atoms with Crippen LogP contribution in [0.15, 0.2) is 121 Å². The molecule has 4 aromatic carbocycles. The highest BCUT2D eigenvalue weighted by Crippen LogP contribution is 2.32. The van der Waals surface area contributed by atoms with Crippen molar-refractivity contribution in [3.05, 3.63) is 144 Å². The van der Waals surface area contributed by atoms with Crippen LogP contribution < -0.4 is 5.32 Å². The molecule has 10 nitrogen and oxygen atoms in total. The van der Waals surface area contributed by atoms with Gasteiger partial charge >= 0.3 is 0 Å². The Balaban J connectivity index is 1.33. The van der Waals surface area contributed by atoms with Crippen molar-refractivity contribution in [1.29, 1.82) is 0 Å². The lowest BCUT2D eigenvalue weighted by Crippen LogP contribution is -2.62. The van der Waals surface area contributed by atoms with Crippen LogP contribution in [0.4, 0.5) is 0 Å². The van der Waals surface area contributed by atoms with Crippen molar-refractivity contribution in [2.24, 2.45) is 0 Å². The zero-order valence-electron chi connectivity index (χ0n) is 39.2. The minimum Gasteiger partial charge on any atom is -0.391 e. The average Bonchev–Trinajstić information content (AvgIpc) is 3.41. The minimum atomic E-state index is -1.48. The quantitative estimate of drug-likeness (QED) is 0.116. The molecule has 354 valence electrons. The van der Waals surface area contributed by atoms with E-state index < -0.39 is 54.9 Å². The predicted octanol–water partition coefficient (Wildman–Crippen LogP) is 4.59. The molecular formula is C62H47NO9. The molecule has 1 fully saturated rings. The first-order valence-electron chi connectivity index (χ1n) is 22.4. The molecule has 0 bridgehead atoms. The molecule has 0 radical (unpaired) electrons. The second kappa shape index (κ2) is 32.9. The van der Waals surface area contributed by atoms with Crippen molar-refractivity contribution < 1.29 is 43.4 Å². The van der Waals surface area contributed by atoms with Crippen LogP contribution in [0.5, 0.6) is 0 Å². The zero-order chi connectivity index (χ0) is 50.7. The summed E-state index contributed by atoms with van der Waals surface area (Å²) < 4.78 is 39.7. The molecule has 0 spiro atoms. The van der Waals surface area contributed by atoms with Gasteiger partial charge in [0.25, 0.3) is 5.91 Å². The largest absolute Gasteiger partial charge is 0.391 e. The van der Waals surface area contributed by atoms with Gasteiger partial charge in [-0.25, -0.2) is 0 Å². The van der Waals surface area contributed by atoms with E-state index in [1.165, 1.54) is 6.92 Å². The van der Waals surface area contributed by atoms with Gasteiger partial charge in [0.05, 0.1) is 51.8 Å². The van der Waals surface area contributed by atoms with Crippen LogP contribution >= 0.6 is 0 Å². The van der Waals surface area contributed by atoms with Crippen molar-refractivity contribution in [2.75, 3.05) is 13.2 Å². The number of aliphatic hydroxyl groups excluding tert-OH is 2. The third kappa shape index (κ3) is 20.8. The second-order valence-corrected chi connectivity index (χ2v) is 15.1. The van der Waals surface area contributed by atoms with Crippen molar-refractivity contribution >= 4 is 5.91 Å². The molecule has 4 aromatic rings. The maximum absolute atomic E-state index is 13.1. The molecule has 0 saturated carbocycles. The van der Waals surface area contributed by atoms with E-state index in [0.29, 0.717) is 6.61 Å². The van der Waals surface area contributed by atoms with Crippen LogP contribution in [0, 0.1) is 131 Å². The molecule has 3 N–H and O–H groups in total. The Hall–Kier alpha value is -8.81. The van der Waals surface area contributed by atoms with E-state index in [9.17, 15) is 15.0 Å². The molecule has 10 heteroatoms. The second-order valence-electron chi connectivity index (χ2n) is 15.1. The van der Waals surface area contributed by atoms with E-state index in [1.54, 1.807) is 0 Å². The van der Waals surface area contributed by atoms with E-state index in [1.807, 2.05) is 121 Å². The Kier molecular flexibility index (Phi) is 24.7. The first kappa shape index (κ1) is 54.1. The number of carbonyl (C=O) groups excluding carboxylic acids is 1. The summed E-state index contributed by atoms with van der Waals surface area (Å²) in [7, 11) is 0. The van der Waals surface area contributed by atoms with Crippen LogP contribution in [0.2, 0.25) is 0 Å². The molecule has 0 aromatic heterocycles. The molecule has 1 aliphatic rings. The molecule has 1 amide bonds. The molecule has 72 heavy (non-hydrogen) atoms. The van der Waals surface area contributed by atoms with Gasteiger partial charge in [0, 0.05) is 29.6 Å². The van der Waals surface area contributed by atoms with Crippen LogP contribution in [0.1, 0.15) is 29.2 Å². The molecule has 5 rings (SSSR count). The number of terminal acetylenes is 1. The van der Waals surface area contributed by atoms with Gasteiger partial charge in [0.15, 0.2) is 6.29 Å². The van der Waals surface area contributed by atoms with E-state index in [4.69, 9.17) is 34.8 Å². The van der Waals surface area contributed by atoms with Gasteiger partial charge in [-0.15, -0.1) is 6.42 Å². The van der Waals surface area contributed by atoms with Crippen molar-refractivity contribution in [1.82, 2.24) is 5.32 Å². The number of hydrogen-bond acceptors (Lipinski definition) is 9. The number of amides is 1. The minimum absolute atomic E-state index is 0.0791. The number of hydrogen-bond donors (Lipinski definition) is 3. The molecule has 1 heterocycles. The summed E-state index contributed by atoms with van der Waals surface area (Å²) in [5, 5.41) is 24.3. The summed E-state index contributed by atoms with van der Waals surface area (Å²) in [5.41, 5.74) is 3.71. The standard InChI is InChI=1S/C62H47NO9/c1-3-4-5-6-7-8-9-10-11-12-13-14-15-16-17-18-19-20-21-34-43-57(65)63-55(58(66)50(2)64)48-71-62-61(70-47-54-41-32-25-33-42-54)60(69-46-53-39-30-24-31-40-53)59(68-45-52-37-28-23-29-38-52)56(72-62)49-67-44-51-35-26-22-27-36-51/h1,22-33,35-42,50,55-56,58-62,64,66H,44-49H2,2H3,(H,63,65)/t50-,55+,56?,58-,59?,60?,61?,62?/m1/s1. The summed E-state index contributed by atoms with van der Waals surface area (Å²) in [5.74, 6) is 50.7. The maximum Gasteiger partial charge on any atom is 0.297 e. The Morgan fingerprint density at radius 1 is 0.528 bits per heavy atom. The highest BCUT2D eigenvalue weighted by Gasteiger charge is 2.49. The average molecular weight is 950 g/mol. The van der Waals surface area contributed by atoms with Gasteiger partial charge in [-0.05, 0) is 124 Å². The summed E-state index contributed by atoms with van der Waals surface area (Å²) in [4.78, 5) is 13.1. The third-order valence-corrected chi connectivity index (χ3v) is 9.88. The van der Waals surface area contributed by atoms with Gasteiger partial charge in [0.1, 0.15) is 30.5 Å². The van der Waals surface area contributed by atoms with E-state index in [2.05, 4.69) is 130 Å². The lowest BCUT2D eigenvalue weighted by atomic mass is 9.97. The predicted molar refractivity (Wildman–Crippen MR) is 272 cm³/mol. The summed E-state index contributed by atoms with van der Waals surface area (Å²) in [6, 6.07) is 37.7. The maximum atomic E-state index is 13.1. The normalized spacial score (nSPS) is 16.8. The number of rotatable bonds is 19. The van der Waals surface area contributed by atoms with Crippen LogP contribution in [0.3, 0.4) is 0 Å². The van der Waals surface area contributed by atoms with Gasteiger partial charge in [-0.2, -0.15) is 0 Å². The molecule has 5 unspecified atom stereocenters. The van der Waals surface area contributed by atoms with Crippen LogP contribution in [-0.2, 0) is 59.6 Å². The fraction of sp³-hybridized carbons (Fsp3) is 0.242. The number of carbonyl (C=O) groups is 1. The zero-order valence-corrected chi connectivity index (χ0v) is 39.2. The van der Waals surface area contributed by atoms with Gasteiger partial charge in [0.2, 0.25) is 0 Å². The highest BCUT2D eigenvalue weighted by atomic mass is 16.7. The van der Waals surface area contributed by atoms with Gasteiger partial charge < -0.3 is 44.0 Å². The van der Waals surface area contributed by atoms with E-state index in [-0.39, 0.29) is 33.0 Å². The summed E-state index contributed by atoms with van der Waals surface area (Å²) in [6.45, 7) is 2.01. The van der Waals surface area contributed by atoms with Crippen molar-refractivity contribution in [2.45, 2.75) is 82.3 Å². The smallest absolute Gasteiger partial charge is 0.297 e.